The molecule has 0 bridgehead atoms. The number of Topliss-reactive ketones (excluding diaryl/α,β-unsaturated/α-hetero) is 1. The minimum atomic E-state index is -0.0550. The second kappa shape index (κ2) is 8.28. The van der Waals surface area contributed by atoms with E-state index in [9.17, 15) is 4.79 Å². The summed E-state index contributed by atoms with van der Waals surface area (Å²) in [6.45, 7) is 7.03. The highest BCUT2D eigenvalue weighted by Crippen LogP contribution is 2.42. The van der Waals surface area contributed by atoms with Crippen LogP contribution in [0.1, 0.15) is 27.2 Å². The second-order valence-electron chi connectivity index (χ2n) is 7.51. The molecule has 0 spiro atoms. The van der Waals surface area contributed by atoms with E-state index in [4.69, 9.17) is 14.2 Å². The first-order chi connectivity index (χ1) is 14.3. The molecule has 0 radical (unpaired) electrons. The van der Waals surface area contributed by atoms with Crippen molar-refractivity contribution in [3.8, 4) is 11.5 Å². The quantitative estimate of drug-likeness (QED) is 0.703. The summed E-state index contributed by atoms with van der Waals surface area (Å²) in [7, 11) is 0. The van der Waals surface area contributed by atoms with Crippen LogP contribution in [0.15, 0.2) is 35.4 Å². The molecule has 3 aliphatic rings. The third-order valence-corrected chi connectivity index (χ3v) is 6.37. The van der Waals surface area contributed by atoms with Gasteiger partial charge in [0.25, 0.3) is 0 Å². The van der Waals surface area contributed by atoms with Crippen molar-refractivity contribution in [2.75, 3.05) is 46.1 Å². The van der Waals surface area contributed by atoms with Crippen molar-refractivity contribution in [2.45, 2.75) is 13.0 Å². The van der Waals surface area contributed by atoms with Crippen molar-refractivity contribution < 1.29 is 19.0 Å². The first-order valence-electron chi connectivity index (χ1n) is 10.1. The Hall–Kier alpha value is -2.19. The fourth-order valence-electron chi connectivity index (χ4n) is 3.99. The molecule has 1 aromatic carbocycles. The molecule has 0 unspecified atom stereocenters. The van der Waals surface area contributed by atoms with Crippen molar-refractivity contribution in [2.24, 2.45) is 0 Å². The van der Waals surface area contributed by atoms with Crippen LogP contribution >= 0.6 is 11.3 Å². The molecular weight excluding hydrogens is 388 g/mol. The number of hydrogen-bond donors (Lipinski definition) is 0. The van der Waals surface area contributed by atoms with Gasteiger partial charge in [-0.15, -0.1) is 11.3 Å². The van der Waals surface area contributed by atoms with Crippen LogP contribution in [-0.2, 0) is 11.3 Å². The molecule has 0 amide bonds. The Kier molecular flexibility index (Phi) is 5.37. The van der Waals surface area contributed by atoms with Gasteiger partial charge >= 0.3 is 0 Å². The van der Waals surface area contributed by atoms with E-state index in [-0.39, 0.29) is 5.78 Å². The molecule has 6 nitrogen and oxygen atoms in total. The Labute approximate surface area is 174 Å². The average Bonchev–Trinajstić information content (AvgIpc) is 3.38. The van der Waals surface area contributed by atoms with E-state index in [2.05, 4.69) is 9.80 Å². The van der Waals surface area contributed by atoms with Gasteiger partial charge in [0.15, 0.2) is 5.76 Å². The lowest BCUT2D eigenvalue weighted by atomic mass is 10.0. The summed E-state index contributed by atoms with van der Waals surface area (Å²) in [5, 5.41) is 1.99. The van der Waals surface area contributed by atoms with Crippen LogP contribution in [0.25, 0.3) is 6.08 Å². The maximum Gasteiger partial charge on any atom is 0.232 e. The summed E-state index contributed by atoms with van der Waals surface area (Å²) in [6, 6.07) is 7.66. The summed E-state index contributed by atoms with van der Waals surface area (Å²) in [6.07, 6.45) is 2.90. The van der Waals surface area contributed by atoms with E-state index in [0.717, 1.165) is 68.5 Å². The van der Waals surface area contributed by atoms with Gasteiger partial charge in [0, 0.05) is 37.1 Å². The van der Waals surface area contributed by atoms with Gasteiger partial charge in [0.1, 0.15) is 18.2 Å². The summed E-state index contributed by atoms with van der Waals surface area (Å²) < 4.78 is 17.4. The summed E-state index contributed by atoms with van der Waals surface area (Å²) >= 11 is 1.59. The number of thiophene rings is 1. The van der Waals surface area contributed by atoms with Gasteiger partial charge in [0.05, 0.1) is 24.3 Å². The zero-order valence-corrected chi connectivity index (χ0v) is 17.1. The Morgan fingerprint density at radius 3 is 2.79 bits per heavy atom. The largest absolute Gasteiger partial charge is 0.478 e. The van der Waals surface area contributed by atoms with E-state index in [1.165, 1.54) is 0 Å². The number of carbonyl (C=O) groups excluding carboxylic acids is 1. The zero-order valence-electron chi connectivity index (χ0n) is 16.3. The summed E-state index contributed by atoms with van der Waals surface area (Å²) in [5.74, 6) is 1.81. The van der Waals surface area contributed by atoms with Gasteiger partial charge in [-0.3, -0.25) is 14.6 Å². The molecule has 2 aromatic rings. The first kappa shape index (κ1) is 18.8. The summed E-state index contributed by atoms with van der Waals surface area (Å²) in [5.41, 5.74) is 1.60. The van der Waals surface area contributed by atoms with Crippen molar-refractivity contribution in [3.05, 3.63) is 51.4 Å². The fourth-order valence-corrected chi connectivity index (χ4v) is 4.64. The highest BCUT2D eigenvalue weighted by atomic mass is 32.1. The smallest absolute Gasteiger partial charge is 0.232 e. The summed E-state index contributed by atoms with van der Waals surface area (Å²) in [4.78, 5) is 18.5. The van der Waals surface area contributed by atoms with Crippen LogP contribution in [0.2, 0.25) is 0 Å². The van der Waals surface area contributed by atoms with Crippen LogP contribution in [0, 0.1) is 0 Å². The minimum Gasteiger partial charge on any atom is -0.478 e. The lowest BCUT2D eigenvalue weighted by Crippen LogP contribution is -2.39. The predicted molar refractivity (Wildman–Crippen MR) is 111 cm³/mol. The number of ether oxygens (including phenoxy) is 3. The highest BCUT2D eigenvalue weighted by molar-refractivity contribution is 7.10. The number of carbonyl (C=O) groups is 1. The predicted octanol–water partition coefficient (Wildman–Crippen LogP) is 3.24. The standard InChI is InChI=1S/C22H24N2O4S/c25-21-17-4-5-19-18(22(17)28-20(21)13-16-3-1-12-29-16)14-24(15-27-19)7-2-6-23-8-10-26-11-9-23/h1,3-5,12-13H,2,6-11,14-15H2/b20-13-. The van der Waals surface area contributed by atoms with Crippen molar-refractivity contribution in [1.29, 1.82) is 0 Å². The maximum absolute atomic E-state index is 12.8. The molecule has 1 saturated heterocycles. The second-order valence-corrected chi connectivity index (χ2v) is 8.49. The van der Waals surface area contributed by atoms with Gasteiger partial charge in [-0.05, 0) is 36.5 Å². The molecule has 0 aliphatic carbocycles. The maximum atomic E-state index is 12.8. The van der Waals surface area contributed by atoms with E-state index in [1.54, 1.807) is 11.3 Å². The number of nitrogens with zero attached hydrogens (tertiary/aromatic N) is 2. The Bertz CT molecular complexity index is 919. The van der Waals surface area contributed by atoms with Crippen LogP contribution < -0.4 is 9.47 Å². The van der Waals surface area contributed by atoms with Gasteiger partial charge in [-0.1, -0.05) is 6.07 Å². The van der Waals surface area contributed by atoms with E-state index in [0.29, 0.717) is 23.8 Å². The molecule has 3 aliphatic heterocycles. The number of fused-ring (bicyclic) bond motifs is 3. The van der Waals surface area contributed by atoms with Crippen LogP contribution in [0.5, 0.6) is 11.5 Å². The topological polar surface area (TPSA) is 51.2 Å². The number of morpholine rings is 1. The monoisotopic (exact) mass is 412 g/mol. The molecule has 29 heavy (non-hydrogen) atoms. The number of ketones is 1. The minimum absolute atomic E-state index is 0.0550. The lowest BCUT2D eigenvalue weighted by Gasteiger charge is -2.31. The zero-order chi connectivity index (χ0) is 19.6. The number of allylic oxidation sites excluding steroid dienone is 1. The number of hydrogen-bond acceptors (Lipinski definition) is 7. The number of rotatable bonds is 5. The van der Waals surface area contributed by atoms with Gasteiger partial charge < -0.3 is 14.2 Å². The molecule has 5 rings (SSSR count). The van der Waals surface area contributed by atoms with Gasteiger partial charge in [0.2, 0.25) is 5.78 Å². The molecule has 0 saturated carbocycles. The first-order valence-corrected chi connectivity index (χ1v) is 10.9. The van der Waals surface area contributed by atoms with Crippen molar-refractivity contribution >= 4 is 23.2 Å². The normalized spacial score (nSPS) is 21.0. The number of benzene rings is 1. The average molecular weight is 413 g/mol. The van der Waals surface area contributed by atoms with Crippen LogP contribution in [0.4, 0.5) is 0 Å². The SMILES string of the molecule is O=C1/C(=C/c2cccs2)Oc2c1ccc1c2CN(CCCN2CCOCC2)CO1. The van der Waals surface area contributed by atoms with Crippen molar-refractivity contribution in [1.82, 2.24) is 9.80 Å². The van der Waals surface area contributed by atoms with E-state index in [1.807, 2.05) is 35.7 Å². The van der Waals surface area contributed by atoms with E-state index >= 15 is 0 Å². The fraction of sp³-hybridized carbons (Fsp3) is 0.409. The Balaban J connectivity index is 1.27. The van der Waals surface area contributed by atoms with Gasteiger partial charge in [-0.2, -0.15) is 0 Å². The molecule has 1 aromatic heterocycles. The van der Waals surface area contributed by atoms with Crippen molar-refractivity contribution in [3.63, 3.8) is 0 Å². The molecule has 152 valence electrons. The van der Waals surface area contributed by atoms with Gasteiger partial charge in [-0.25, -0.2) is 0 Å². The lowest BCUT2D eigenvalue weighted by molar-refractivity contribution is 0.0329. The molecular formula is C22H24N2O4S. The third kappa shape index (κ3) is 3.96. The molecule has 0 N–H and O–H groups in total. The Morgan fingerprint density at radius 2 is 1.97 bits per heavy atom. The molecule has 0 atom stereocenters. The van der Waals surface area contributed by atoms with Crippen LogP contribution in [-0.4, -0.2) is 61.7 Å². The Morgan fingerprint density at radius 1 is 1.10 bits per heavy atom. The van der Waals surface area contributed by atoms with Crippen LogP contribution in [0.3, 0.4) is 0 Å². The highest BCUT2D eigenvalue weighted by Gasteiger charge is 2.33. The molecule has 4 heterocycles. The van der Waals surface area contributed by atoms with E-state index < -0.39 is 0 Å². The third-order valence-electron chi connectivity index (χ3n) is 5.55. The molecule has 1 fully saturated rings. The molecule has 7 heteroatoms.